The van der Waals surface area contributed by atoms with Gasteiger partial charge in [-0.25, -0.2) is 8.42 Å². The molecule has 7 heteroatoms. The summed E-state index contributed by atoms with van der Waals surface area (Å²) in [6.07, 6.45) is 0. The van der Waals surface area contributed by atoms with E-state index in [1.54, 1.807) is 24.3 Å². The summed E-state index contributed by atoms with van der Waals surface area (Å²) in [5.74, 6) is 1.39. The van der Waals surface area contributed by atoms with E-state index >= 15 is 0 Å². The summed E-state index contributed by atoms with van der Waals surface area (Å²) in [5.41, 5.74) is 6.41. The number of benzene rings is 1. The first kappa shape index (κ1) is 15.6. The van der Waals surface area contributed by atoms with Gasteiger partial charge in [-0.3, -0.25) is 4.21 Å². The first-order chi connectivity index (χ1) is 9.51. The van der Waals surface area contributed by atoms with Crippen molar-refractivity contribution in [3.05, 3.63) is 29.8 Å². The molecule has 0 bridgehead atoms. The molecule has 1 aliphatic rings. The van der Waals surface area contributed by atoms with Crippen molar-refractivity contribution < 1.29 is 12.6 Å². The SMILES string of the molecule is NCc1ccc(S(=O)(=O)CCN2CCS(=O)CC2)cc1. The molecule has 2 N–H and O–H groups in total. The Labute approximate surface area is 122 Å². The predicted molar refractivity (Wildman–Crippen MR) is 80.7 cm³/mol. The van der Waals surface area contributed by atoms with E-state index in [1.807, 2.05) is 0 Å². The Morgan fingerprint density at radius 1 is 1.15 bits per heavy atom. The minimum Gasteiger partial charge on any atom is -0.326 e. The van der Waals surface area contributed by atoms with Gasteiger partial charge in [0, 0.05) is 48.5 Å². The predicted octanol–water partition coefficient (Wildman–Crippen LogP) is -0.0167. The van der Waals surface area contributed by atoms with Crippen LogP contribution in [0.25, 0.3) is 0 Å². The third kappa shape index (κ3) is 4.12. The van der Waals surface area contributed by atoms with Gasteiger partial charge in [0.2, 0.25) is 0 Å². The van der Waals surface area contributed by atoms with Gasteiger partial charge in [0.25, 0.3) is 0 Å². The summed E-state index contributed by atoms with van der Waals surface area (Å²) in [4.78, 5) is 2.41. The van der Waals surface area contributed by atoms with Crippen LogP contribution in [0.2, 0.25) is 0 Å². The maximum absolute atomic E-state index is 12.2. The molecule has 1 heterocycles. The van der Waals surface area contributed by atoms with Crippen LogP contribution in [-0.4, -0.2) is 54.4 Å². The largest absolute Gasteiger partial charge is 0.326 e. The molecule has 2 rings (SSSR count). The minimum absolute atomic E-state index is 0.0988. The Morgan fingerprint density at radius 2 is 1.75 bits per heavy atom. The molecule has 0 saturated carbocycles. The smallest absolute Gasteiger partial charge is 0.179 e. The van der Waals surface area contributed by atoms with Gasteiger partial charge in [-0.05, 0) is 17.7 Å². The number of nitrogens with two attached hydrogens (primary N) is 1. The molecule has 0 spiro atoms. The number of rotatable bonds is 5. The third-order valence-electron chi connectivity index (χ3n) is 3.46. The van der Waals surface area contributed by atoms with Crippen LogP contribution in [0.1, 0.15) is 5.56 Å². The van der Waals surface area contributed by atoms with Crippen molar-refractivity contribution in [3.63, 3.8) is 0 Å². The van der Waals surface area contributed by atoms with Crippen LogP contribution in [0, 0.1) is 0 Å². The van der Waals surface area contributed by atoms with Crippen LogP contribution in [-0.2, 0) is 27.2 Å². The molecule has 0 unspecified atom stereocenters. The highest BCUT2D eigenvalue weighted by atomic mass is 32.2. The van der Waals surface area contributed by atoms with E-state index < -0.39 is 20.6 Å². The average Bonchev–Trinajstić information content (AvgIpc) is 2.47. The average molecular weight is 316 g/mol. The summed E-state index contributed by atoms with van der Waals surface area (Å²) in [6, 6.07) is 6.72. The molecular formula is C13H20N2O3S2. The molecule has 1 aromatic carbocycles. The van der Waals surface area contributed by atoms with E-state index in [-0.39, 0.29) is 5.75 Å². The molecule has 1 saturated heterocycles. The Hall–Kier alpha value is -0.760. The Kier molecular flexibility index (Phi) is 5.31. The standard InChI is InChI=1S/C13H20N2O3S2/c14-11-12-1-3-13(4-2-12)20(17,18)10-7-15-5-8-19(16)9-6-15/h1-4H,5-11,14H2. The molecule has 0 radical (unpaired) electrons. The Balaban J connectivity index is 1.94. The number of sulfone groups is 1. The zero-order valence-electron chi connectivity index (χ0n) is 11.3. The lowest BCUT2D eigenvalue weighted by atomic mass is 10.2. The third-order valence-corrected chi connectivity index (χ3v) is 6.45. The van der Waals surface area contributed by atoms with Crippen molar-refractivity contribution in [1.29, 1.82) is 0 Å². The zero-order valence-corrected chi connectivity index (χ0v) is 13.0. The topological polar surface area (TPSA) is 80.5 Å². The van der Waals surface area contributed by atoms with E-state index in [2.05, 4.69) is 4.90 Å². The highest BCUT2D eigenvalue weighted by Crippen LogP contribution is 2.13. The molecule has 0 atom stereocenters. The van der Waals surface area contributed by atoms with E-state index in [9.17, 15) is 12.6 Å². The lowest BCUT2D eigenvalue weighted by Crippen LogP contribution is -2.40. The van der Waals surface area contributed by atoms with Crippen LogP contribution < -0.4 is 5.73 Å². The fourth-order valence-corrected chi connectivity index (χ4v) is 4.51. The van der Waals surface area contributed by atoms with Gasteiger partial charge in [0.05, 0.1) is 10.6 Å². The molecule has 0 aliphatic carbocycles. The van der Waals surface area contributed by atoms with Crippen LogP contribution in [0.3, 0.4) is 0 Å². The first-order valence-corrected chi connectivity index (χ1v) is 9.74. The summed E-state index contributed by atoms with van der Waals surface area (Å²) in [6.45, 7) is 2.34. The maximum atomic E-state index is 12.2. The van der Waals surface area contributed by atoms with Gasteiger partial charge >= 0.3 is 0 Å². The molecule has 112 valence electrons. The van der Waals surface area contributed by atoms with Crippen molar-refractivity contribution in [1.82, 2.24) is 4.90 Å². The van der Waals surface area contributed by atoms with Gasteiger partial charge in [-0.15, -0.1) is 0 Å². The van der Waals surface area contributed by atoms with E-state index in [1.165, 1.54) is 0 Å². The van der Waals surface area contributed by atoms with Gasteiger partial charge < -0.3 is 10.6 Å². The number of hydrogen-bond acceptors (Lipinski definition) is 5. The molecular weight excluding hydrogens is 296 g/mol. The van der Waals surface area contributed by atoms with Crippen LogP contribution >= 0.6 is 0 Å². The highest BCUT2D eigenvalue weighted by molar-refractivity contribution is 7.91. The fourth-order valence-electron chi connectivity index (χ4n) is 2.10. The molecule has 0 amide bonds. The van der Waals surface area contributed by atoms with Crippen LogP contribution in [0.5, 0.6) is 0 Å². The van der Waals surface area contributed by atoms with E-state index in [4.69, 9.17) is 5.73 Å². The summed E-state index contributed by atoms with van der Waals surface area (Å²) < 4.78 is 35.7. The summed E-state index contributed by atoms with van der Waals surface area (Å²) >= 11 is 0. The number of nitrogens with zero attached hydrogens (tertiary/aromatic N) is 1. The van der Waals surface area contributed by atoms with Crippen molar-refractivity contribution >= 4 is 20.6 Å². The van der Waals surface area contributed by atoms with Crippen molar-refractivity contribution in [2.24, 2.45) is 5.73 Å². The first-order valence-electron chi connectivity index (χ1n) is 6.60. The maximum Gasteiger partial charge on any atom is 0.179 e. The molecule has 20 heavy (non-hydrogen) atoms. The minimum atomic E-state index is -3.26. The second-order valence-electron chi connectivity index (χ2n) is 4.86. The second-order valence-corrected chi connectivity index (χ2v) is 8.66. The summed E-state index contributed by atoms with van der Waals surface area (Å²) in [5, 5.41) is 0. The molecule has 1 fully saturated rings. The lowest BCUT2D eigenvalue weighted by molar-refractivity contribution is 0.317. The van der Waals surface area contributed by atoms with E-state index in [0.29, 0.717) is 42.6 Å². The normalized spacial score (nSPS) is 18.2. The van der Waals surface area contributed by atoms with Crippen molar-refractivity contribution in [3.8, 4) is 0 Å². The quantitative estimate of drug-likeness (QED) is 0.826. The number of hydrogen-bond donors (Lipinski definition) is 1. The van der Waals surface area contributed by atoms with Gasteiger partial charge in [0.15, 0.2) is 9.84 Å². The van der Waals surface area contributed by atoms with Crippen LogP contribution in [0.4, 0.5) is 0 Å². The van der Waals surface area contributed by atoms with Gasteiger partial charge in [0.1, 0.15) is 0 Å². The Bertz CT molecular complexity index is 560. The second kappa shape index (κ2) is 6.80. The molecule has 1 aromatic rings. The fraction of sp³-hybridized carbons (Fsp3) is 0.538. The molecule has 1 aliphatic heterocycles. The highest BCUT2D eigenvalue weighted by Gasteiger charge is 2.19. The zero-order chi connectivity index (χ0) is 14.6. The molecule has 5 nitrogen and oxygen atoms in total. The lowest BCUT2D eigenvalue weighted by Gasteiger charge is -2.25. The Morgan fingerprint density at radius 3 is 2.30 bits per heavy atom. The van der Waals surface area contributed by atoms with E-state index in [0.717, 1.165) is 5.56 Å². The van der Waals surface area contributed by atoms with Gasteiger partial charge in [-0.2, -0.15) is 0 Å². The monoisotopic (exact) mass is 316 g/mol. The van der Waals surface area contributed by atoms with Crippen molar-refractivity contribution in [2.45, 2.75) is 11.4 Å². The van der Waals surface area contributed by atoms with Crippen LogP contribution in [0.15, 0.2) is 29.2 Å². The van der Waals surface area contributed by atoms with Crippen molar-refractivity contribution in [2.75, 3.05) is 36.9 Å². The summed E-state index contributed by atoms with van der Waals surface area (Å²) in [7, 11) is -3.98. The van der Waals surface area contributed by atoms with Gasteiger partial charge in [-0.1, -0.05) is 12.1 Å². The molecule has 0 aromatic heterocycles.